The Kier molecular flexibility index (Phi) is 18.5. The fourth-order valence-corrected chi connectivity index (χ4v) is 8.85. The molecule has 1 aromatic rings. The minimum Gasteiger partial charge on any atom is -1.00 e. The lowest BCUT2D eigenvalue weighted by Crippen LogP contribution is -3.00. The van der Waals surface area contributed by atoms with Crippen LogP contribution in [0.5, 0.6) is 0 Å². The molecular formula is C21H45IN2O6Si2. The van der Waals surface area contributed by atoms with Crippen LogP contribution in [0.15, 0.2) is 18.7 Å². The number of aryl methyl sites for hydroxylation is 2. The molecule has 0 fully saturated rings. The van der Waals surface area contributed by atoms with Gasteiger partial charge in [0.1, 0.15) is 12.4 Å². The summed E-state index contributed by atoms with van der Waals surface area (Å²) in [4.78, 5) is 0. The Bertz CT molecular complexity index is 502. The summed E-state index contributed by atoms with van der Waals surface area (Å²) in [6.07, 6.45) is 8.29. The summed E-state index contributed by atoms with van der Waals surface area (Å²) in [5.41, 5.74) is 0. The highest BCUT2D eigenvalue weighted by Crippen LogP contribution is 2.19. The molecule has 8 nitrogen and oxygen atoms in total. The van der Waals surface area contributed by atoms with Crippen molar-refractivity contribution in [3.05, 3.63) is 18.7 Å². The second kappa shape index (κ2) is 18.5. The van der Waals surface area contributed by atoms with E-state index in [1.54, 1.807) is 0 Å². The monoisotopic (exact) mass is 604 g/mol. The Balaban J connectivity index is 0.00000961. The summed E-state index contributed by atoms with van der Waals surface area (Å²) < 4.78 is 40.1. The van der Waals surface area contributed by atoms with Crippen LogP contribution in [0.25, 0.3) is 0 Å². The SMILES string of the molecule is CCO[Si](CCCn1cc[n+](CCC[Si](OCC)(OCC)OCC)c1)(OCC)OCC.[I-]. The van der Waals surface area contributed by atoms with Crippen LogP contribution < -0.4 is 28.5 Å². The standard InChI is InChI=1S/C21H45N2O6Si2.HI/c1-7-24-30(25-8-2,26-9-3)19-13-15-22-17-18-23(21-22)16-14-20-31(27-10-4,28-11-5)29-12-6;/h17-18,21H,7-16,19-20H2,1-6H3;1H/q+1;/p-1. The topological polar surface area (TPSA) is 64.2 Å². The summed E-state index contributed by atoms with van der Waals surface area (Å²) in [7, 11) is -5.13. The second-order valence-electron chi connectivity index (χ2n) is 7.06. The van der Waals surface area contributed by atoms with Gasteiger partial charge in [0.15, 0.2) is 0 Å². The predicted molar refractivity (Wildman–Crippen MR) is 125 cm³/mol. The lowest BCUT2D eigenvalue weighted by atomic mass is 10.5. The van der Waals surface area contributed by atoms with Crippen molar-refractivity contribution in [2.24, 2.45) is 0 Å². The number of hydrogen-bond acceptors (Lipinski definition) is 6. The van der Waals surface area contributed by atoms with E-state index in [9.17, 15) is 0 Å². The summed E-state index contributed by atoms with van der Waals surface area (Å²) in [5.74, 6) is 0. The first-order valence-corrected chi connectivity index (χ1v) is 15.8. The number of hydrogen-bond donors (Lipinski definition) is 0. The number of nitrogens with zero attached hydrogens (tertiary/aromatic N) is 2. The molecule has 0 N–H and O–H groups in total. The Labute approximate surface area is 214 Å². The molecule has 0 saturated carbocycles. The summed E-state index contributed by atoms with van der Waals surface area (Å²) in [6, 6.07) is 1.65. The van der Waals surface area contributed by atoms with Gasteiger partial charge in [-0.25, -0.2) is 9.13 Å². The van der Waals surface area contributed by atoms with Crippen LogP contribution in [0.2, 0.25) is 12.1 Å². The lowest BCUT2D eigenvalue weighted by molar-refractivity contribution is -0.696. The Morgan fingerprint density at radius 2 is 1.06 bits per heavy atom. The van der Waals surface area contributed by atoms with Gasteiger partial charge >= 0.3 is 17.6 Å². The molecule has 0 atom stereocenters. The van der Waals surface area contributed by atoms with Gasteiger partial charge in [-0.2, -0.15) is 0 Å². The summed E-state index contributed by atoms with van der Waals surface area (Å²) >= 11 is 0. The fourth-order valence-electron chi connectivity index (χ4n) is 3.66. The molecule has 0 aliphatic carbocycles. The van der Waals surface area contributed by atoms with Crippen LogP contribution >= 0.6 is 0 Å². The average Bonchev–Trinajstić information content (AvgIpc) is 3.17. The maximum Gasteiger partial charge on any atom is 0.501 e. The molecule has 190 valence electrons. The number of imidazole rings is 1. The lowest BCUT2D eigenvalue weighted by Gasteiger charge is -2.28. The van der Waals surface area contributed by atoms with Gasteiger partial charge < -0.3 is 50.5 Å². The van der Waals surface area contributed by atoms with Crippen molar-refractivity contribution >= 4 is 17.6 Å². The maximum atomic E-state index is 5.95. The molecule has 1 heterocycles. The highest BCUT2D eigenvalue weighted by Gasteiger charge is 2.40. The zero-order chi connectivity index (χ0) is 23.0. The van der Waals surface area contributed by atoms with Gasteiger partial charge in [-0.05, 0) is 54.4 Å². The molecular weight excluding hydrogens is 559 g/mol. The molecule has 0 aliphatic rings. The molecule has 0 aliphatic heterocycles. The van der Waals surface area contributed by atoms with E-state index in [0.717, 1.165) is 38.0 Å². The van der Waals surface area contributed by atoms with Crippen LogP contribution in [0.4, 0.5) is 0 Å². The highest BCUT2D eigenvalue weighted by atomic mass is 127. The molecule has 1 aromatic heterocycles. The first kappa shape index (κ1) is 32.1. The van der Waals surface area contributed by atoms with Gasteiger partial charge in [0.05, 0.1) is 13.1 Å². The molecule has 0 radical (unpaired) electrons. The molecule has 0 amide bonds. The maximum absolute atomic E-state index is 5.95. The molecule has 1 rings (SSSR count). The van der Waals surface area contributed by atoms with Crippen molar-refractivity contribution in [1.82, 2.24) is 4.57 Å². The number of aromatic nitrogens is 2. The van der Waals surface area contributed by atoms with Gasteiger partial charge in [-0.3, -0.25) is 0 Å². The third-order valence-electron chi connectivity index (χ3n) is 4.73. The molecule has 0 unspecified atom stereocenters. The minimum absolute atomic E-state index is 0. The van der Waals surface area contributed by atoms with Crippen molar-refractivity contribution in [2.75, 3.05) is 39.6 Å². The minimum atomic E-state index is -2.57. The first-order valence-electron chi connectivity index (χ1n) is 11.9. The van der Waals surface area contributed by atoms with Crippen molar-refractivity contribution in [3.63, 3.8) is 0 Å². The number of rotatable bonds is 20. The zero-order valence-corrected chi connectivity index (χ0v) is 25.1. The van der Waals surface area contributed by atoms with Crippen LogP contribution in [0.3, 0.4) is 0 Å². The smallest absolute Gasteiger partial charge is 0.501 e. The van der Waals surface area contributed by atoms with E-state index in [0.29, 0.717) is 39.6 Å². The van der Waals surface area contributed by atoms with Crippen LogP contribution in [0, 0.1) is 0 Å². The largest absolute Gasteiger partial charge is 1.00 e. The average molecular weight is 605 g/mol. The van der Waals surface area contributed by atoms with E-state index in [1.165, 1.54) is 0 Å². The van der Waals surface area contributed by atoms with Gasteiger partial charge in [0, 0.05) is 51.7 Å². The van der Waals surface area contributed by atoms with Crippen LogP contribution in [0.1, 0.15) is 54.4 Å². The molecule has 11 heteroatoms. The van der Waals surface area contributed by atoms with Gasteiger partial charge in [-0.1, -0.05) is 0 Å². The van der Waals surface area contributed by atoms with Crippen molar-refractivity contribution in [2.45, 2.75) is 79.6 Å². The Morgan fingerprint density at radius 3 is 1.47 bits per heavy atom. The van der Waals surface area contributed by atoms with Gasteiger partial charge in [-0.15, -0.1) is 0 Å². The fraction of sp³-hybridized carbons (Fsp3) is 0.857. The van der Waals surface area contributed by atoms with Crippen molar-refractivity contribution in [3.8, 4) is 0 Å². The highest BCUT2D eigenvalue weighted by molar-refractivity contribution is 6.61. The third-order valence-corrected chi connectivity index (χ3v) is 11.0. The van der Waals surface area contributed by atoms with Gasteiger partial charge in [0.2, 0.25) is 6.33 Å². The van der Waals surface area contributed by atoms with Crippen LogP contribution in [-0.2, 0) is 39.6 Å². The van der Waals surface area contributed by atoms with Gasteiger partial charge in [0.25, 0.3) is 0 Å². The molecule has 0 bridgehead atoms. The zero-order valence-electron chi connectivity index (χ0n) is 20.9. The van der Waals surface area contributed by atoms with E-state index in [1.807, 2.05) is 41.5 Å². The predicted octanol–water partition coefficient (Wildman–Crippen LogP) is 0.657. The quantitative estimate of drug-likeness (QED) is 0.124. The van der Waals surface area contributed by atoms with Crippen molar-refractivity contribution < 1.29 is 55.1 Å². The molecule has 0 spiro atoms. The van der Waals surface area contributed by atoms with Crippen molar-refractivity contribution in [1.29, 1.82) is 0 Å². The summed E-state index contributed by atoms with van der Waals surface area (Å²) in [5, 5.41) is 0. The van der Waals surface area contributed by atoms with Crippen LogP contribution in [-0.4, -0.2) is 61.8 Å². The molecule has 0 aromatic carbocycles. The Hall–Kier alpha value is 0.134. The molecule has 0 saturated heterocycles. The van der Waals surface area contributed by atoms with E-state index < -0.39 is 17.6 Å². The second-order valence-corrected chi connectivity index (χ2v) is 12.5. The summed E-state index contributed by atoms with van der Waals surface area (Å²) in [6.45, 7) is 17.5. The Morgan fingerprint density at radius 1 is 0.656 bits per heavy atom. The van der Waals surface area contributed by atoms with E-state index in [4.69, 9.17) is 26.6 Å². The van der Waals surface area contributed by atoms with E-state index in [2.05, 4.69) is 27.9 Å². The van der Waals surface area contributed by atoms with E-state index in [-0.39, 0.29) is 24.0 Å². The van der Waals surface area contributed by atoms with E-state index >= 15 is 0 Å². The normalized spacial score (nSPS) is 12.2. The third kappa shape index (κ3) is 11.5. The molecule has 32 heavy (non-hydrogen) atoms. The first-order chi connectivity index (χ1) is 15.0. The number of halogens is 1.